The van der Waals surface area contributed by atoms with Crippen molar-refractivity contribution in [2.75, 3.05) is 0 Å². The van der Waals surface area contributed by atoms with E-state index in [1.807, 2.05) is 0 Å². The molecule has 2 aromatic carbocycles. The molecular weight excluding hydrogens is 346 g/mol. The van der Waals surface area contributed by atoms with E-state index in [1.54, 1.807) is 31.2 Å². The molecule has 1 atom stereocenters. The second-order valence-corrected chi connectivity index (χ2v) is 5.42. The zero-order valence-corrected chi connectivity index (χ0v) is 13.6. The van der Waals surface area contributed by atoms with Crippen LogP contribution in [0.15, 0.2) is 53.3 Å². The second-order valence-electron chi connectivity index (χ2n) is 5.42. The molecule has 0 spiro atoms. The van der Waals surface area contributed by atoms with Crippen LogP contribution >= 0.6 is 0 Å². The number of rotatable bonds is 5. The maximum absolute atomic E-state index is 12.3. The first-order chi connectivity index (χ1) is 12.4. The largest absolute Gasteiger partial charge is 0.451 e. The predicted octanol–water partition coefficient (Wildman–Crippen LogP) is 3.44. The number of nitrogens with zero attached hydrogens (tertiary/aromatic N) is 1. The smallest absolute Gasteiger partial charge is 0.387 e. The van der Waals surface area contributed by atoms with Crippen molar-refractivity contribution in [3.05, 3.63) is 70.3 Å². The fourth-order valence-corrected chi connectivity index (χ4v) is 2.38. The molecule has 1 heterocycles. The number of alkyl halides is 2. The Balaban J connectivity index is 1.80. The van der Waals surface area contributed by atoms with Crippen molar-refractivity contribution in [3.63, 3.8) is 0 Å². The molecule has 1 aromatic heterocycles. The molecule has 0 aliphatic heterocycles. The molecule has 3 aromatic rings. The molecule has 134 valence electrons. The van der Waals surface area contributed by atoms with E-state index in [4.69, 9.17) is 4.74 Å². The highest BCUT2D eigenvalue weighted by Gasteiger charge is 2.18. The third-order valence-electron chi connectivity index (χ3n) is 3.59. The Morgan fingerprint density at radius 2 is 1.92 bits per heavy atom. The van der Waals surface area contributed by atoms with E-state index in [9.17, 15) is 18.4 Å². The number of ether oxygens (including phenoxy) is 2. The number of hydrogen-bond acceptors (Lipinski definition) is 5. The molecule has 26 heavy (non-hydrogen) atoms. The van der Waals surface area contributed by atoms with Gasteiger partial charge in [-0.1, -0.05) is 18.2 Å². The van der Waals surface area contributed by atoms with E-state index >= 15 is 0 Å². The third-order valence-corrected chi connectivity index (χ3v) is 3.59. The molecule has 0 radical (unpaired) electrons. The number of nitrogens with one attached hydrogen (secondary N) is 1. The van der Waals surface area contributed by atoms with Gasteiger partial charge in [0.25, 0.3) is 5.56 Å². The number of esters is 1. The predicted molar refractivity (Wildman–Crippen MR) is 89.3 cm³/mol. The average Bonchev–Trinajstić information content (AvgIpc) is 2.61. The van der Waals surface area contributed by atoms with Crippen molar-refractivity contribution >= 4 is 16.9 Å². The first-order valence-electron chi connectivity index (χ1n) is 7.69. The summed E-state index contributed by atoms with van der Waals surface area (Å²) in [6, 6.07) is 12.0. The van der Waals surface area contributed by atoms with Crippen LogP contribution in [0.3, 0.4) is 0 Å². The number of aromatic amines is 1. The highest BCUT2D eigenvalue weighted by molar-refractivity contribution is 5.90. The van der Waals surface area contributed by atoms with Gasteiger partial charge >= 0.3 is 12.6 Å². The van der Waals surface area contributed by atoms with Crippen molar-refractivity contribution in [1.29, 1.82) is 0 Å². The number of fused-ring (bicyclic) bond motifs is 1. The van der Waals surface area contributed by atoms with Crippen LogP contribution < -0.4 is 10.3 Å². The average molecular weight is 360 g/mol. The number of aromatic nitrogens is 2. The lowest BCUT2D eigenvalue weighted by Gasteiger charge is -2.13. The summed E-state index contributed by atoms with van der Waals surface area (Å²) in [7, 11) is 0. The monoisotopic (exact) mass is 360 g/mol. The van der Waals surface area contributed by atoms with Gasteiger partial charge in [-0.2, -0.15) is 8.78 Å². The van der Waals surface area contributed by atoms with E-state index in [2.05, 4.69) is 14.7 Å². The maximum atomic E-state index is 12.3. The van der Waals surface area contributed by atoms with E-state index in [1.165, 1.54) is 18.2 Å². The van der Waals surface area contributed by atoms with Gasteiger partial charge in [0.05, 0.1) is 16.5 Å². The van der Waals surface area contributed by atoms with Crippen molar-refractivity contribution in [2.45, 2.75) is 19.6 Å². The first-order valence-corrected chi connectivity index (χ1v) is 7.69. The molecule has 0 unspecified atom stereocenters. The Bertz CT molecular complexity index is 1000. The van der Waals surface area contributed by atoms with Crippen molar-refractivity contribution in [3.8, 4) is 5.75 Å². The Hall–Kier alpha value is -3.29. The van der Waals surface area contributed by atoms with Gasteiger partial charge in [-0.15, -0.1) is 0 Å². The minimum absolute atomic E-state index is 0.0399. The van der Waals surface area contributed by atoms with Gasteiger partial charge in [0, 0.05) is 0 Å². The SMILES string of the molecule is C[C@@H](OC(=O)c1cccc(OC(F)F)c1)c1nc2ccccc2c(=O)[nH]1. The van der Waals surface area contributed by atoms with E-state index < -0.39 is 18.7 Å². The molecular formula is C18H14F2N2O4. The van der Waals surface area contributed by atoms with Gasteiger partial charge in [-0.3, -0.25) is 4.79 Å². The van der Waals surface area contributed by atoms with Crippen LogP contribution in [0.5, 0.6) is 5.75 Å². The molecule has 0 aliphatic carbocycles. The van der Waals surface area contributed by atoms with Crippen molar-refractivity contribution < 1.29 is 23.0 Å². The van der Waals surface area contributed by atoms with E-state index in [0.29, 0.717) is 10.9 Å². The number of H-pyrrole nitrogens is 1. The Morgan fingerprint density at radius 1 is 1.15 bits per heavy atom. The minimum atomic E-state index is -2.99. The summed E-state index contributed by atoms with van der Waals surface area (Å²) in [5.41, 5.74) is 0.167. The van der Waals surface area contributed by atoms with Crippen LogP contribution in [0.2, 0.25) is 0 Å². The van der Waals surface area contributed by atoms with Gasteiger partial charge in [0.1, 0.15) is 5.75 Å². The lowest BCUT2D eigenvalue weighted by molar-refractivity contribution is -0.0499. The lowest BCUT2D eigenvalue weighted by Crippen LogP contribution is -2.17. The molecule has 8 heteroatoms. The van der Waals surface area contributed by atoms with Crippen LogP contribution in [0.4, 0.5) is 8.78 Å². The maximum Gasteiger partial charge on any atom is 0.387 e. The standard InChI is InChI=1S/C18H14F2N2O4/c1-10(15-21-14-8-3-2-7-13(14)16(23)22-15)25-17(24)11-5-4-6-12(9-11)26-18(19)20/h2-10,18H,1H3,(H,21,22,23)/t10-/m1/s1. The molecule has 3 rings (SSSR count). The number of para-hydroxylation sites is 1. The fourth-order valence-electron chi connectivity index (χ4n) is 2.38. The highest BCUT2D eigenvalue weighted by atomic mass is 19.3. The first kappa shape index (κ1) is 17.5. The molecule has 0 aliphatic rings. The number of hydrogen-bond donors (Lipinski definition) is 1. The summed E-state index contributed by atoms with van der Waals surface area (Å²) >= 11 is 0. The number of benzene rings is 2. The summed E-state index contributed by atoms with van der Waals surface area (Å²) in [5.74, 6) is -0.727. The quantitative estimate of drug-likeness (QED) is 0.705. The third kappa shape index (κ3) is 3.85. The van der Waals surface area contributed by atoms with Crippen molar-refractivity contribution in [2.24, 2.45) is 0 Å². The summed E-state index contributed by atoms with van der Waals surface area (Å²) < 4.78 is 34.1. The molecule has 0 saturated carbocycles. The minimum Gasteiger partial charge on any atom is -0.451 e. The van der Waals surface area contributed by atoms with Crippen LogP contribution in [0.1, 0.15) is 29.2 Å². The number of halogens is 2. The van der Waals surface area contributed by atoms with Gasteiger partial charge in [0.2, 0.25) is 0 Å². The normalized spacial score (nSPS) is 12.2. The van der Waals surface area contributed by atoms with Gasteiger partial charge < -0.3 is 14.5 Å². The Labute approximate surface area is 146 Å². The topological polar surface area (TPSA) is 81.3 Å². The van der Waals surface area contributed by atoms with Gasteiger partial charge in [0.15, 0.2) is 11.9 Å². The summed E-state index contributed by atoms with van der Waals surface area (Å²) in [4.78, 5) is 31.2. The summed E-state index contributed by atoms with van der Waals surface area (Å²) in [6.45, 7) is -1.45. The number of carbonyl (C=O) groups is 1. The Kier molecular flexibility index (Phi) is 4.92. The molecule has 0 amide bonds. The molecule has 0 saturated heterocycles. The molecule has 6 nitrogen and oxygen atoms in total. The number of carbonyl (C=O) groups excluding carboxylic acids is 1. The fraction of sp³-hybridized carbons (Fsp3) is 0.167. The lowest BCUT2D eigenvalue weighted by atomic mass is 10.2. The van der Waals surface area contributed by atoms with E-state index in [0.717, 1.165) is 6.07 Å². The second kappa shape index (κ2) is 7.30. The van der Waals surface area contributed by atoms with E-state index in [-0.39, 0.29) is 22.7 Å². The molecule has 0 bridgehead atoms. The highest BCUT2D eigenvalue weighted by Crippen LogP contribution is 2.20. The van der Waals surface area contributed by atoms with Crippen LogP contribution in [0, 0.1) is 0 Å². The van der Waals surface area contributed by atoms with Crippen LogP contribution in [-0.4, -0.2) is 22.5 Å². The molecule has 1 N–H and O–H groups in total. The summed E-state index contributed by atoms with van der Waals surface area (Å²) in [5, 5.41) is 0.423. The zero-order chi connectivity index (χ0) is 18.7. The van der Waals surface area contributed by atoms with Gasteiger partial charge in [-0.05, 0) is 37.3 Å². The van der Waals surface area contributed by atoms with Gasteiger partial charge in [-0.25, -0.2) is 9.78 Å². The summed E-state index contributed by atoms with van der Waals surface area (Å²) in [6.07, 6.45) is -0.848. The van der Waals surface area contributed by atoms with Crippen LogP contribution in [0.25, 0.3) is 10.9 Å². The molecule has 0 fully saturated rings. The Morgan fingerprint density at radius 3 is 2.69 bits per heavy atom. The zero-order valence-electron chi connectivity index (χ0n) is 13.6. The van der Waals surface area contributed by atoms with Crippen molar-refractivity contribution in [1.82, 2.24) is 9.97 Å². The van der Waals surface area contributed by atoms with Crippen LogP contribution in [-0.2, 0) is 4.74 Å².